The molecule has 0 spiro atoms. The Bertz CT molecular complexity index is 1230. The standard InChI is InChI=1S/C33H40N2O5/c1-23-15-28(33-20-24-16-25(21-33)18-26(17-24)22-33)5-6-30(23)39-11-7-31(36)34-29-4-2-3-27(19-29)32(37)40-14-10-35-8-12-38-13-9-35/h2-7,11,15,19,24-26H,8-10,12-14,16-18,20-22H2,1H3,(H,34,36)/b11-7+. The molecule has 1 saturated heterocycles. The van der Waals surface area contributed by atoms with Crippen molar-refractivity contribution in [2.45, 2.75) is 50.9 Å². The molecule has 0 radical (unpaired) electrons. The molecule has 0 aromatic heterocycles. The van der Waals surface area contributed by atoms with E-state index in [0.29, 0.717) is 43.0 Å². The van der Waals surface area contributed by atoms with Gasteiger partial charge in [-0.2, -0.15) is 0 Å². The Hall–Kier alpha value is -3.16. The van der Waals surface area contributed by atoms with E-state index in [1.165, 1.54) is 56.4 Å². The van der Waals surface area contributed by atoms with Gasteiger partial charge in [0.1, 0.15) is 12.4 Å². The van der Waals surface area contributed by atoms with Crippen molar-refractivity contribution in [3.63, 3.8) is 0 Å². The lowest BCUT2D eigenvalue weighted by molar-refractivity contribution is -0.112. The Morgan fingerprint density at radius 1 is 1.02 bits per heavy atom. The lowest BCUT2D eigenvalue weighted by Gasteiger charge is -2.57. The first-order valence-electron chi connectivity index (χ1n) is 14.8. The number of nitrogens with zero attached hydrogens (tertiary/aromatic N) is 1. The number of nitrogens with one attached hydrogen (secondary N) is 1. The van der Waals surface area contributed by atoms with E-state index in [9.17, 15) is 9.59 Å². The van der Waals surface area contributed by atoms with Gasteiger partial charge in [-0.1, -0.05) is 18.2 Å². The van der Waals surface area contributed by atoms with E-state index in [-0.39, 0.29) is 5.91 Å². The van der Waals surface area contributed by atoms with Crippen LogP contribution in [0.25, 0.3) is 0 Å². The van der Waals surface area contributed by atoms with Gasteiger partial charge < -0.3 is 19.5 Å². The SMILES string of the molecule is Cc1cc(C23CC4CC(CC(C4)C2)C3)ccc1O/C=C/C(=O)Nc1cccc(C(=O)OCCN2CCOCC2)c1. The molecule has 1 heterocycles. The number of amides is 1. The van der Waals surface area contributed by atoms with Crippen molar-refractivity contribution in [3.8, 4) is 5.75 Å². The van der Waals surface area contributed by atoms with Crippen molar-refractivity contribution in [1.82, 2.24) is 4.90 Å². The molecule has 1 N–H and O–H groups in total. The number of carbonyl (C=O) groups excluding carboxylic acids is 2. The van der Waals surface area contributed by atoms with E-state index in [0.717, 1.165) is 42.2 Å². The number of esters is 1. The number of hydrogen-bond acceptors (Lipinski definition) is 6. The van der Waals surface area contributed by atoms with Crippen molar-refractivity contribution in [2.24, 2.45) is 17.8 Å². The molecule has 5 aliphatic rings. The third-order valence-corrected chi connectivity index (χ3v) is 9.35. The summed E-state index contributed by atoms with van der Waals surface area (Å²) in [7, 11) is 0. The van der Waals surface area contributed by atoms with Gasteiger partial charge in [0, 0.05) is 31.4 Å². The molecule has 5 fully saturated rings. The summed E-state index contributed by atoms with van der Waals surface area (Å²) in [5.74, 6) is 2.76. The third kappa shape index (κ3) is 6.11. The number of aryl methyl sites for hydroxylation is 1. The Balaban J connectivity index is 0.998. The molecule has 4 saturated carbocycles. The van der Waals surface area contributed by atoms with Crippen LogP contribution in [0.1, 0.15) is 60.0 Å². The van der Waals surface area contributed by atoms with Crippen molar-refractivity contribution in [1.29, 1.82) is 0 Å². The van der Waals surface area contributed by atoms with Gasteiger partial charge in [-0.05, 0) is 104 Å². The van der Waals surface area contributed by atoms with E-state index in [1.807, 2.05) is 0 Å². The number of morpholine rings is 1. The van der Waals surface area contributed by atoms with Crippen LogP contribution in [0, 0.1) is 24.7 Å². The molecule has 1 amide bonds. The summed E-state index contributed by atoms with van der Waals surface area (Å²) in [5, 5.41) is 2.79. The number of anilines is 1. The molecule has 212 valence electrons. The van der Waals surface area contributed by atoms with Crippen LogP contribution in [0.15, 0.2) is 54.8 Å². The molecule has 40 heavy (non-hydrogen) atoms. The Morgan fingerprint density at radius 3 is 2.45 bits per heavy atom. The largest absolute Gasteiger partial charge is 0.465 e. The van der Waals surface area contributed by atoms with Crippen molar-refractivity contribution >= 4 is 17.6 Å². The van der Waals surface area contributed by atoms with Crippen LogP contribution in [-0.4, -0.2) is 56.2 Å². The fourth-order valence-corrected chi connectivity index (χ4v) is 7.83. The summed E-state index contributed by atoms with van der Waals surface area (Å²) in [5.41, 5.74) is 3.84. The maximum atomic E-state index is 12.5. The third-order valence-electron chi connectivity index (χ3n) is 9.35. The van der Waals surface area contributed by atoms with Gasteiger partial charge >= 0.3 is 5.97 Å². The maximum Gasteiger partial charge on any atom is 0.338 e. The van der Waals surface area contributed by atoms with E-state index >= 15 is 0 Å². The molecule has 0 unspecified atom stereocenters. The highest BCUT2D eigenvalue weighted by molar-refractivity contribution is 6.00. The predicted octanol–water partition coefficient (Wildman–Crippen LogP) is 5.48. The maximum absolute atomic E-state index is 12.5. The predicted molar refractivity (Wildman–Crippen MR) is 153 cm³/mol. The van der Waals surface area contributed by atoms with E-state index < -0.39 is 5.97 Å². The molecular formula is C33H40N2O5. The fraction of sp³-hybridized carbons (Fsp3) is 0.515. The lowest BCUT2D eigenvalue weighted by atomic mass is 9.48. The van der Waals surface area contributed by atoms with Gasteiger partial charge in [0.15, 0.2) is 0 Å². The van der Waals surface area contributed by atoms with Crippen LogP contribution in [0.3, 0.4) is 0 Å². The van der Waals surface area contributed by atoms with E-state index in [2.05, 4.69) is 35.3 Å². The normalized spacial score (nSPS) is 27.6. The van der Waals surface area contributed by atoms with E-state index in [4.69, 9.17) is 14.2 Å². The number of hydrogen-bond donors (Lipinski definition) is 1. The molecule has 4 aliphatic carbocycles. The minimum atomic E-state index is -0.407. The van der Waals surface area contributed by atoms with Gasteiger partial charge in [0.25, 0.3) is 5.91 Å². The van der Waals surface area contributed by atoms with Crippen LogP contribution in [0.4, 0.5) is 5.69 Å². The molecule has 2 aromatic rings. The zero-order chi connectivity index (χ0) is 27.5. The second-order valence-electron chi connectivity index (χ2n) is 12.3. The zero-order valence-corrected chi connectivity index (χ0v) is 23.4. The van der Waals surface area contributed by atoms with Gasteiger partial charge in [-0.25, -0.2) is 4.79 Å². The zero-order valence-electron chi connectivity index (χ0n) is 23.4. The molecule has 2 aromatic carbocycles. The first-order chi connectivity index (χ1) is 19.5. The highest BCUT2D eigenvalue weighted by atomic mass is 16.5. The second-order valence-corrected chi connectivity index (χ2v) is 12.3. The molecule has 7 nitrogen and oxygen atoms in total. The monoisotopic (exact) mass is 544 g/mol. The smallest absolute Gasteiger partial charge is 0.338 e. The van der Waals surface area contributed by atoms with Crippen LogP contribution >= 0.6 is 0 Å². The van der Waals surface area contributed by atoms with Crippen LogP contribution in [0.2, 0.25) is 0 Å². The van der Waals surface area contributed by atoms with Gasteiger partial charge in [0.05, 0.1) is 25.0 Å². The first-order valence-corrected chi connectivity index (χ1v) is 14.8. The Kier molecular flexibility index (Phi) is 7.94. The summed E-state index contributed by atoms with van der Waals surface area (Å²) in [4.78, 5) is 27.2. The number of ether oxygens (including phenoxy) is 3. The summed E-state index contributed by atoms with van der Waals surface area (Å²) in [6.45, 7) is 6.20. The molecule has 7 heteroatoms. The van der Waals surface area contributed by atoms with Gasteiger partial charge in [-0.3, -0.25) is 9.69 Å². The molecule has 0 atom stereocenters. The van der Waals surface area contributed by atoms with Gasteiger partial charge in [0.2, 0.25) is 0 Å². The first kappa shape index (κ1) is 27.0. The number of rotatable bonds is 9. The van der Waals surface area contributed by atoms with Crippen LogP contribution in [-0.2, 0) is 19.7 Å². The molecule has 4 bridgehead atoms. The Labute approximate surface area is 236 Å². The second kappa shape index (κ2) is 11.8. The average Bonchev–Trinajstić information content (AvgIpc) is 2.94. The lowest BCUT2D eigenvalue weighted by Crippen LogP contribution is -2.48. The molecule has 7 rings (SSSR count). The minimum absolute atomic E-state index is 0.318. The average molecular weight is 545 g/mol. The quantitative estimate of drug-likeness (QED) is 0.256. The van der Waals surface area contributed by atoms with Crippen molar-refractivity contribution in [2.75, 3.05) is 44.8 Å². The molecule has 1 aliphatic heterocycles. The minimum Gasteiger partial charge on any atom is -0.465 e. The number of carbonyl (C=O) groups is 2. The van der Waals surface area contributed by atoms with E-state index in [1.54, 1.807) is 24.3 Å². The highest BCUT2D eigenvalue weighted by Gasteiger charge is 2.51. The van der Waals surface area contributed by atoms with Crippen molar-refractivity contribution < 1.29 is 23.8 Å². The van der Waals surface area contributed by atoms with Crippen molar-refractivity contribution in [3.05, 3.63) is 71.5 Å². The summed E-state index contributed by atoms with van der Waals surface area (Å²) in [6, 6.07) is 13.4. The summed E-state index contributed by atoms with van der Waals surface area (Å²) >= 11 is 0. The summed E-state index contributed by atoms with van der Waals surface area (Å²) < 4.78 is 16.6. The summed E-state index contributed by atoms with van der Waals surface area (Å²) in [6.07, 6.45) is 11.1. The highest BCUT2D eigenvalue weighted by Crippen LogP contribution is 2.60. The topological polar surface area (TPSA) is 77.1 Å². The fourth-order valence-electron chi connectivity index (χ4n) is 7.83. The molecular weight excluding hydrogens is 504 g/mol. The van der Waals surface area contributed by atoms with Gasteiger partial charge in [-0.15, -0.1) is 0 Å². The van der Waals surface area contributed by atoms with Crippen LogP contribution < -0.4 is 10.1 Å². The van der Waals surface area contributed by atoms with Crippen LogP contribution in [0.5, 0.6) is 5.75 Å². The Morgan fingerprint density at radius 2 is 1.75 bits per heavy atom. The number of benzene rings is 2.